The molecule has 6 heteroatoms. The number of hydrogen-bond donors (Lipinski definition) is 2. The molecule has 1 aromatic rings. The van der Waals surface area contributed by atoms with E-state index in [4.69, 9.17) is 9.47 Å². The number of methoxy groups -OCH3 is 1. The average molecular weight is 389 g/mol. The molecule has 0 spiro atoms. The van der Waals surface area contributed by atoms with Gasteiger partial charge in [0.25, 0.3) is 0 Å². The summed E-state index contributed by atoms with van der Waals surface area (Å²) in [6, 6.07) is 8.45. The van der Waals surface area contributed by atoms with Crippen molar-refractivity contribution in [1.29, 1.82) is 0 Å². The van der Waals surface area contributed by atoms with Gasteiger partial charge in [-0.1, -0.05) is 31.0 Å². The summed E-state index contributed by atoms with van der Waals surface area (Å²) in [5.41, 5.74) is 1.07. The molecule has 156 valence electrons. The Morgan fingerprint density at radius 3 is 2.82 bits per heavy atom. The number of rotatable bonds is 9. The van der Waals surface area contributed by atoms with E-state index in [9.17, 15) is 0 Å². The van der Waals surface area contributed by atoms with Crippen molar-refractivity contribution in [2.45, 2.75) is 44.8 Å². The van der Waals surface area contributed by atoms with Crippen LogP contribution in [-0.2, 0) is 11.3 Å². The predicted molar refractivity (Wildman–Crippen MR) is 114 cm³/mol. The van der Waals surface area contributed by atoms with Crippen LogP contribution in [0.4, 0.5) is 0 Å². The lowest BCUT2D eigenvalue weighted by Crippen LogP contribution is -2.45. The summed E-state index contributed by atoms with van der Waals surface area (Å²) in [6.45, 7) is 5.51. The summed E-state index contributed by atoms with van der Waals surface area (Å²) in [7, 11) is 3.52. The molecular weight excluding hydrogens is 352 g/mol. The lowest BCUT2D eigenvalue weighted by Gasteiger charge is -2.21. The Hall–Kier alpha value is -1.79. The first-order valence-corrected chi connectivity index (χ1v) is 10.7. The Bertz CT molecular complexity index is 616. The van der Waals surface area contributed by atoms with E-state index in [-0.39, 0.29) is 0 Å². The quantitative estimate of drug-likeness (QED) is 0.387. The smallest absolute Gasteiger partial charge is 0.191 e. The zero-order chi connectivity index (χ0) is 19.6. The highest BCUT2D eigenvalue weighted by atomic mass is 16.5. The third-order valence-electron chi connectivity index (χ3n) is 5.82. The van der Waals surface area contributed by atoms with Crippen LogP contribution in [0.1, 0.15) is 37.7 Å². The number of nitrogens with one attached hydrogen (secondary N) is 2. The normalized spacial score (nSPS) is 21.2. The second kappa shape index (κ2) is 11.3. The predicted octanol–water partition coefficient (Wildman–Crippen LogP) is 2.64. The summed E-state index contributed by atoms with van der Waals surface area (Å²) in [4.78, 5) is 6.99. The standard InChI is InChI=1S/C22H36N4O2/c1-23-22(24-12-14-28-17-19-9-5-6-10-21(19)27-2)25-20-11-13-26(16-20)15-18-7-3-4-8-18/h5-6,9-10,18,20H,3-4,7-8,11-17H2,1-2H3,(H2,23,24,25). The molecule has 0 bridgehead atoms. The molecule has 3 rings (SSSR count). The maximum atomic E-state index is 5.78. The Morgan fingerprint density at radius 1 is 1.21 bits per heavy atom. The highest BCUT2D eigenvalue weighted by Crippen LogP contribution is 2.26. The van der Waals surface area contributed by atoms with Gasteiger partial charge in [-0.05, 0) is 31.2 Å². The van der Waals surface area contributed by atoms with Crippen LogP contribution in [0.3, 0.4) is 0 Å². The van der Waals surface area contributed by atoms with Gasteiger partial charge >= 0.3 is 0 Å². The zero-order valence-electron chi connectivity index (χ0n) is 17.5. The van der Waals surface area contributed by atoms with E-state index in [1.165, 1.54) is 45.2 Å². The molecule has 1 aliphatic heterocycles. The van der Waals surface area contributed by atoms with Crippen LogP contribution in [-0.4, -0.2) is 63.8 Å². The van der Waals surface area contributed by atoms with Crippen molar-refractivity contribution in [3.8, 4) is 5.75 Å². The lowest BCUT2D eigenvalue weighted by molar-refractivity contribution is 0.123. The van der Waals surface area contributed by atoms with E-state index < -0.39 is 0 Å². The Labute approximate surface area is 169 Å². The maximum Gasteiger partial charge on any atom is 0.191 e. The highest BCUT2D eigenvalue weighted by molar-refractivity contribution is 5.80. The van der Waals surface area contributed by atoms with Crippen molar-refractivity contribution in [2.75, 3.05) is 46.9 Å². The second-order valence-electron chi connectivity index (χ2n) is 7.90. The molecule has 1 aliphatic carbocycles. The molecule has 28 heavy (non-hydrogen) atoms. The SMILES string of the molecule is CN=C(NCCOCc1ccccc1OC)NC1CCN(CC2CCCC2)C1. The number of benzene rings is 1. The molecular formula is C22H36N4O2. The fourth-order valence-electron chi connectivity index (χ4n) is 4.31. The van der Waals surface area contributed by atoms with E-state index >= 15 is 0 Å². The minimum Gasteiger partial charge on any atom is -0.496 e. The van der Waals surface area contributed by atoms with E-state index in [1.807, 2.05) is 31.3 Å². The number of para-hydroxylation sites is 1. The molecule has 1 aromatic carbocycles. The van der Waals surface area contributed by atoms with Gasteiger partial charge < -0.3 is 25.0 Å². The Morgan fingerprint density at radius 2 is 2.04 bits per heavy atom. The molecule has 1 heterocycles. The molecule has 0 amide bonds. The first-order valence-electron chi connectivity index (χ1n) is 10.7. The monoisotopic (exact) mass is 388 g/mol. The molecule has 1 saturated heterocycles. The number of nitrogens with zero attached hydrogens (tertiary/aromatic N) is 2. The zero-order valence-corrected chi connectivity index (χ0v) is 17.5. The number of ether oxygens (including phenoxy) is 2. The minimum absolute atomic E-state index is 0.488. The third-order valence-corrected chi connectivity index (χ3v) is 5.82. The number of likely N-dealkylation sites (tertiary alicyclic amines) is 1. The summed E-state index contributed by atoms with van der Waals surface area (Å²) < 4.78 is 11.1. The lowest BCUT2D eigenvalue weighted by atomic mass is 10.1. The first-order chi connectivity index (χ1) is 13.8. The number of hydrogen-bond acceptors (Lipinski definition) is 4. The van der Waals surface area contributed by atoms with Crippen LogP contribution in [0.15, 0.2) is 29.3 Å². The van der Waals surface area contributed by atoms with Crippen LogP contribution in [0.5, 0.6) is 5.75 Å². The molecule has 6 nitrogen and oxygen atoms in total. The first kappa shape index (κ1) is 20.9. The molecule has 1 atom stereocenters. The van der Waals surface area contributed by atoms with Crippen LogP contribution in [0.2, 0.25) is 0 Å². The van der Waals surface area contributed by atoms with E-state index in [0.29, 0.717) is 19.3 Å². The number of aliphatic imine (C=N–C) groups is 1. The van der Waals surface area contributed by atoms with Crippen molar-refractivity contribution < 1.29 is 9.47 Å². The van der Waals surface area contributed by atoms with Crippen molar-refractivity contribution in [3.63, 3.8) is 0 Å². The van der Waals surface area contributed by atoms with Crippen LogP contribution in [0.25, 0.3) is 0 Å². The number of guanidine groups is 1. The fraction of sp³-hybridized carbons (Fsp3) is 0.682. The van der Waals surface area contributed by atoms with E-state index in [2.05, 4.69) is 20.5 Å². The summed E-state index contributed by atoms with van der Waals surface area (Å²) in [5.74, 6) is 2.67. The van der Waals surface area contributed by atoms with Gasteiger partial charge in [-0.2, -0.15) is 0 Å². The van der Waals surface area contributed by atoms with Gasteiger partial charge in [-0.15, -0.1) is 0 Å². The topological polar surface area (TPSA) is 58.1 Å². The van der Waals surface area contributed by atoms with Crippen molar-refractivity contribution >= 4 is 5.96 Å². The van der Waals surface area contributed by atoms with Crippen LogP contribution >= 0.6 is 0 Å². The van der Waals surface area contributed by atoms with E-state index in [1.54, 1.807) is 7.11 Å². The van der Waals surface area contributed by atoms with Crippen LogP contribution in [0, 0.1) is 5.92 Å². The second-order valence-corrected chi connectivity index (χ2v) is 7.90. The molecule has 1 unspecified atom stereocenters. The minimum atomic E-state index is 0.488. The molecule has 1 saturated carbocycles. The van der Waals surface area contributed by atoms with Gasteiger partial charge in [0.15, 0.2) is 5.96 Å². The van der Waals surface area contributed by atoms with Gasteiger partial charge in [-0.25, -0.2) is 0 Å². The van der Waals surface area contributed by atoms with Crippen molar-refractivity contribution in [1.82, 2.24) is 15.5 Å². The van der Waals surface area contributed by atoms with Gasteiger partial charge in [0.05, 0.1) is 20.3 Å². The summed E-state index contributed by atoms with van der Waals surface area (Å²) in [5, 5.41) is 6.93. The Balaban J connectivity index is 1.30. The molecule has 2 N–H and O–H groups in total. The van der Waals surface area contributed by atoms with Gasteiger partial charge in [0.2, 0.25) is 0 Å². The maximum absolute atomic E-state index is 5.78. The summed E-state index contributed by atoms with van der Waals surface area (Å²) in [6.07, 6.45) is 6.89. The van der Waals surface area contributed by atoms with E-state index in [0.717, 1.165) is 36.3 Å². The van der Waals surface area contributed by atoms with Gasteiger partial charge in [0, 0.05) is 44.8 Å². The fourth-order valence-corrected chi connectivity index (χ4v) is 4.31. The summed E-state index contributed by atoms with van der Waals surface area (Å²) >= 11 is 0. The molecule has 0 aromatic heterocycles. The highest BCUT2D eigenvalue weighted by Gasteiger charge is 2.26. The van der Waals surface area contributed by atoms with Crippen molar-refractivity contribution in [3.05, 3.63) is 29.8 Å². The third kappa shape index (κ3) is 6.38. The van der Waals surface area contributed by atoms with Crippen molar-refractivity contribution in [2.24, 2.45) is 10.9 Å². The van der Waals surface area contributed by atoms with Gasteiger partial charge in [-0.3, -0.25) is 4.99 Å². The van der Waals surface area contributed by atoms with Crippen LogP contribution < -0.4 is 15.4 Å². The van der Waals surface area contributed by atoms with Gasteiger partial charge in [0.1, 0.15) is 5.75 Å². The Kier molecular flexibility index (Phi) is 8.42. The average Bonchev–Trinajstić information content (AvgIpc) is 3.39. The largest absolute Gasteiger partial charge is 0.496 e. The molecule has 2 fully saturated rings. The molecule has 2 aliphatic rings. The molecule has 0 radical (unpaired) electrons.